The van der Waals surface area contributed by atoms with Crippen LogP contribution in [-0.4, -0.2) is 18.6 Å². The van der Waals surface area contributed by atoms with Crippen LogP contribution in [0.4, 0.5) is 5.69 Å². The number of hydrogen-bond acceptors (Lipinski definition) is 3. The number of benzene rings is 1. The minimum Gasteiger partial charge on any atom is -0.367 e. The van der Waals surface area contributed by atoms with Gasteiger partial charge in [-0.25, -0.2) is 0 Å². The molecule has 2 rings (SSSR count). The van der Waals surface area contributed by atoms with E-state index in [4.69, 9.17) is 34.2 Å². The van der Waals surface area contributed by atoms with E-state index in [9.17, 15) is 0 Å². The molecule has 5 heteroatoms. The predicted molar refractivity (Wildman–Crippen MR) is 65.8 cm³/mol. The molecule has 1 aromatic rings. The Labute approximate surface area is 104 Å². The fourth-order valence-electron chi connectivity index (χ4n) is 1.86. The van der Waals surface area contributed by atoms with Gasteiger partial charge in [-0.1, -0.05) is 23.2 Å². The van der Waals surface area contributed by atoms with Gasteiger partial charge in [0, 0.05) is 18.1 Å². The van der Waals surface area contributed by atoms with Crippen LogP contribution in [0.25, 0.3) is 0 Å². The van der Waals surface area contributed by atoms with E-state index in [1.165, 1.54) is 0 Å². The highest BCUT2D eigenvalue weighted by atomic mass is 35.5. The zero-order chi connectivity index (χ0) is 11.8. The highest BCUT2D eigenvalue weighted by molar-refractivity contribution is 6.35. The number of nitriles is 1. The van der Waals surface area contributed by atoms with Gasteiger partial charge in [0.2, 0.25) is 0 Å². The van der Waals surface area contributed by atoms with Crippen molar-refractivity contribution >= 4 is 28.9 Å². The van der Waals surface area contributed by atoms with Gasteiger partial charge < -0.3 is 10.6 Å². The molecule has 1 heterocycles. The molecule has 0 bridgehead atoms. The summed E-state index contributed by atoms with van der Waals surface area (Å²) >= 11 is 12.0. The summed E-state index contributed by atoms with van der Waals surface area (Å²) in [5, 5.41) is 10.2. The van der Waals surface area contributed by atoms with E-state index in [2.05, 4.69) is 6.07 Å². The van der Waals surface area contributed by atoms with Crippen LogP contribution in [-0.2, 0) is 0 Å². The molecule has 84 valence electrons. The Morgan fingerprint density at radius 2 is 2.19 bits per heavy atom. The first-order chi connectivity index (χ1) is 7.54. The van der Waals surface area contributed by atoms with E-state index < -0.39 is 5.54 Å². The van der Waals surface area contributed by atoms with Gasteiger partial charge in [-0.15, -0.1) is 0 Å². The molecule has 3 nitrogen and oxygen atoms in total. The van der Waals surface area contributed by atoms with E-state index in [-0.39, 0.29) is 0 Å². The van der Waals surface area contributed by atoms with Crippen molar-refractivity contribution in [2.45, 2.75) is 12.0 Å². The fourth-order valence-corrected chi connectivity index (χ4v) is 2.26. The van der Waals surface area contributed by atoms with Crippen LogP contribution in [0.2, 0.25) is 10.0 Å². The first kappa shape index (κ1) is 11.5. The SMILES string of the molecule is N#CC1(N)CCN(c2cc(Cl)ccc2Cl)C1. The monoisotopic (exact) mass is 255 g/mol. The van der Waals surface area contributed by atoms with E-state index in [0.29, 0.717) is 23.0 Å². The Bertz CT molecular complexity index is 455. The second kappa shape index (κ2) is 4.14. The molecule has 0 aromatic heterocycles. The van der Waals surface area contributed by atoms with E-state index in [1.807, 2.05) is 4.90 Å². The molecule has 1 saturated heterocycles. The number of nitrogens with zero attached hydrogens (tertiary/aromatic N) is 2. The Morgan fingerprint density at radius 1 is 1.44 bits per heavy atom. The van der Waals surface area contributed by atoms with Crippen molar-refractivity contribution in [3.8, 4) is 6.07 Å². The number of nitrogens with two attached hydrogens (primary N) is 1. The van der Waals surface area contributed by atoms with Gasteiger partial charge in [0.05, 0.1) is 16.8 Å². The molecule has 2 N–H and O–H groups in total. The lowest BCUT2D eigenvalue weighted by Crippen LogP contribution is -2.41. The molecular weight excluding hydrogens is 245 g/mol. The average Bonchev–Trinajstić information content (AvgIpc) is 2.65. The van der Waals surface area contributed by atoms with E-state index in [0.717, 1.165) is 12.2 Å². The number of rotatable bonds is 1. The van der Waals surface area contributed by atoms with Crippen molar-refractivity contribution in [3.63, 3.8) is 0 Å². The first-order valence-corrected chi connectivity index (χ1v) is 5.70. The average molecular weight is 256 g/mol. The molecular formula is C11H11Cl2N3. The smallest absolute Gasteiger partial charge is 0.123 e. The molecule has 0 radical (unpaired) electrons. The molecule has 1 aliphatic heterocycles. The minimum atomic E-state index is -0.772. The Hall–Kier alpha value is -0.950. The fraction of sp³-hybridized carbons (Fsp3) is 0.364. The van der Waals surface area contributed by atoms with Crippen molar-refractivity contribution in [2.75, 3.05) is 18.0 Å². The maximum atomic E-state index is 8.95. The third-order valence-corrected chi connectivity index (χ3v) is 3.33. The van der Waals surface area contributed by atoms with Gasteiger partial charge in [0.1, 0.15) is 5.54 Å². The molecule has 1 aliphatic rings. The van der Waals surface area contributed by atoms with Crippen LogP contribution >= 0.6 is 23.2 Å². The zero-order valence-electron chi connectivity index (χ0n) is 8.58. The van der Waals surface area contributed by atoms with Gasteiger partial charge in [-0.05, 0) is 24.6 Å². The van der Waals surface area contributed by atoms with Gasteiger partial charge in [0.15, 0.2) is 0 Å². The molecule has 1 fully saturated rings. The van der Waals surface area contributed by atoms with Gasteiger partial charge in [-0.2, -0.15) is 5.26 Å². The summed E-state index contributed by atoms with van der Waals surface area (Å²) in [6.07, 6.45) is 0.645. The third kappa shape index (κ3) is 2.10. The van der Waals surface area contributed by atoms with E-state index >= 15 is 0 Å². The standard InChI is InChI=1S/C11H11Cl2N3/c12-8-1-2-9(13)10(5-8)16-4-3-11(15,6-14)7-16/h1-2,5H,3-4,7,15H2. The summed E-state index contributed by atoms with van der Waals surface area (Å²) in [5.41, 5.74) is 5.97. The van der Waals surface area contributed by atoms with Crippen LogP contribution in [0.15, 0.2) is 18.2 Å². The Morgan fingerprint density at radius 3 is 2.81 bits per heavy atom. The topological polar surface area (TPSA) is 53.1 Å². The molecule has 16 heavy (non-hydrogen) atoms. The molecule has 0 aliphatic carbocycles. The maximum Gasteiger partial charge on any atom is 0.123 e. The second-order valence-electron chi connectivity index (χ2n) is 4.04. The normalized spacial score (nSPS) is 24.5. The van der Waals surface area contributed by atoms with Crippen molar-refractivity contribution in [1.29, 1.82) is 5.26 Å². The van der Waals surface area contributed by atoms with Gasteiger partial charge in [-0.3, -0.25) is 0 Å². The van der Waals surface area contributed by atoms with Crippen LogP contribution in [0.3, 0.4) is 0 Å². The Kier molecular flexibility index (Phi) is 2.98. The maximum absolute atomic E-state index is 8.95. The molecule has 1 aromatic carbocycles. The van der Waals surface area contributed by atoms with Crippen molar-refractivity contribution in [2.24, 2.45) is 5.73 Å². The lowest BCUT2D eigenvalue weighted by molar-refractivity contribution is 0.606. The van der Waals surface area contributed by atoms with Crippen LogP contribution in [0.1, 0.15) is 6.42 Å². The predicted octanol–water partition coefficient (Wildman–Crippen LogP) is 2.42. The summed E-state index contributed by atoms with van der Waals surface area (Å²) in [4.78, 5) is 2.00. The van der Waals surface area contributed by atoms with Crippen molar-refractivity contribution in [1.82, 2.24) is 0 Å². The van der Waals surface area contributed by atoms with Gasteiger partial charge in [0.25, 0.3) is 0 Å². The highest BCUT2D eigenvalue weighted by Gasteiger charge is 2.35. The summed E-state index contributed by atoms with van der Waals surface area (Å²) in [7, 11) is 0. The molecule has 0 amide bonds. The van der Waals surface area contributed by atoms with Crippen molar-refractivity contribution in [3.05, 3.63) is 28.2 Å². The number of anilines is 1. The Balaban J connectivity index is 2.28. The lowest BCUT2D eigenvalue weighted by atomic mass is 10.0. The highest BCUT2D eigenvalue weighted by Crippen LogP contribution is 2.33. The summed E-state index contributed by atoms with van der Waals surface area (Å²) in [6.45, 7) is 1.22. The van der Waals surface area contributed by atoms with E-state index in [1.54, 1.807) is 18.2 Å². The van der Waals surface area contributed by atoms with Gasteiger partial charge >= 0.3 is 0 Å². The zero-order valence-corrected chi connectivity index (χ0v) is 10.1. The number of hydrogen-bond donors (Lipinski definition) is 1. The second-order valence-corrected chi connectivity index (χ2v) is 4.88. The minimum absolute atomic E-state index is 0.490. The molecule has 0 spiro atoms. The van der Waals surface area contributed by atoms with Crippen LogP contribution in [0.5, 0.6) is 0 Å². The summed E-state index contributed by atoms with van der Waals surface area (Å²) in [6, 6.07) is 7.42. The van der Waals surface area contributed by atoms with Crippen LogP contribution in [0, 0.1) is 11.3 Å². The molecule has 0 saturated carbocycles. The molecule has 1 atom stereocenters. The largest absolute Gasteiger partial charge is 0.367 e. The van der Waals surface area contributed by atoms with Crippen molar-refractivity contribution < 1.29 is 0 Å². The number of halogens is 2. The summed E-state index contributed by atoms with van der Waals surface area (Å²) < 4.78 is 0. The lowest BCUT2D eigenvalue weighted by Gasteiger charge is -2.21. The first-order valence-electron chi connectivity index (χ1n) is 4.94. The third-order valence-electron chi connectivity index (χ3n) is 2.77. The quantitative estimate of drug-likeness (QED) is 0.839. The van der Waals surface area contributed by atoms with Crippen LogP contribution < -0.4 is 10.6 Å². The molecule has 1 unspecified atom stereocenters. The summed E-state index contributed by atoms with van der Waals surface area (Å²) in [5.74, 6) is 0.